The molecule has 0 aromatic heterocycles. The molecule has 44 heavy (non-hydrogen) atoms. The first-order valence-corrected chi connectivity index (χ1v) is 15.9. The summed E-state index contributed by atoms with van der Waals surface area (Å²) in [5, 5.41) is 7.41. The summed E-state index contributed by atoms with van der Waals surface area (Å²) in [6.07, 6.45) is 7.63. The first-order valence-electron chi connectivity index (χ1n) is 15.1. The molecule has 240 valence electrons. The van der Waals surface area contributed by atoms with Crippen LogP contribution in [-0.2, 0) is 4.79 Å². The molecule has 9 nitrogen and oxygen atoms in total. The molecule has 11 heteroatoms. The Bertz CT molecular complexity index is 1290. The number of nitrogens with one attached hydrogen (secondary N) is 2. The number of halogens is 2. The van der Waals surface area contributed by atoms with Crippen molar-refractivity contribution >= 4 is 47.4 Å². The van der Waals surface area contributed by atoms with Gasteiger partial charge >= 0.3 is 0 Å². The summed E-state index contributed by atoms with van der Waals surface area (Å²) < 4.78 is 0. The molecule has 1 atom stereocenters. The molecule has 2 fully saturated rings. The van der Waals surface area contributed by atoms with Crippen LogP contribution in [0.4, 0.5) is 0 Å². The summed E-state index contributed by atoms with van der Waals surface area (Å²) in [7, 11) is 1.78. The number of carbonyl (C=O) groups is 2. The fourth-order valence-electron chi connectivity index (χ4n) is 6.08. The molecule has 2 aromatic carbocycles. The van der Waals surface area contributed by atoms with E-state index in [2.05, 4.69) is 36.7 Å². The van der Waals surface area contributed by atoms with Crippen molar-refractivity contribution in [3.63, 3.8) is 0 Å². The number of benzene rings is 2. The molecule has 2 aliphatic rings. The zero-order chi connectivity index (χ0) is 32.5. The summed E-state index contributed by atoms with van der Waals surface area (Å²) in [6, 6.07) is 13.1. The van der Waals surface area contributed by atoms with Gasteiger partial charge in [-0.15, -0.1) is 0 Å². The van der Waals surface area contributed by atoms with E-state index >= 15 is 0 Å². The molecule has 0 aliphatic heterocycles. The van der Waals surface area contributed by atoms with E-state index in [0.29, 0.717) is 39.8 Å². The van der Waals surface area contributed by atoms with Crippen molar-refractivity contribution in [2.75, 3.05) is 13.6 Å². The number of nitrogens with two attached hydrogens (primary N) is 2. The van der Waals surface area contributed by atoms with E-state index in [1.165, 1.54) is 0 Å². The standard InChI is InChI=1S/C30H36Cl2N2O2.C3H11N5/c1-20(24-15-26(31)17-27(32)16-24)33-30(13-11-25(12-14-30)29(2,3)4)34(19-36)28(23-9-10-23)22-7-5-21(18-35)6-8-22;1-6-2-3(4)7-8-5/h5-8,15-19,23,25,28H,9-14H2,1-4H3;6,8H,2,5H2,1H3,(H2,4,7)/b33-20+;. The molecule has 1 amide bonds. The van der Waals surface area contributed by atoms with Crippen LogP contribution in [0.3, 0.4) is 0 Å². The summed E-state index contributed by atoms with van der Waals surface area (Å²) in [5.74, 6) is 6.22. The van der Waals surface area contributed by atoms with E-state index in [-0.39, 0.29) is 11.5 Å². The zero-order valence-corrected chi connectivity index (χ0v) is 28.0. The number of carbonyl (C=O) groups excluding carboxylic acids is 2. The molecule has 2 aliphatic carbocycles. The highest BCUT2D eigenvalue weighted by molar-refractivity contribution is 6.35. The lowest BCUT2D eigenvalue weighted by Gasteiger charge is -2.49. The number of rotatable bonds is 11. The van der Waals surface area contributed by atoms with Gasteiger partial charge in [-0.25, -0.2) is 11.4 Å². The molecular weight excluding hydrogens is 597 g/mol. The van der Waals surface area contributed by atoms with Crippen LogP contribution in [0.2, 0.25) is 10.0 Å². The van der Waals surface area contributed by atoms with Gasteiger partial charge in [-0.1, -0.05) is 68.2 Å². The van der Waals surface area contributed by atoms with Crippen molar-refractivity contribution < 1.29 is 9.59 Å². The molecule has 0 heterocycles. The van der Waals surface area contributed by atoms with Crippen molar-refractivity contribution in [2.24, 2.45) is 38.9 Å². The SMILES string of the molecule is C/C(=N\C1(N(C=O)C(c2ccc(C=O)cc2)C2CC2)CCC(C(C)(C)C)CC1)c1cc(Cl)cc(Cl)c1.CNC/C(N)=N/NN. The smallest absolute Gasteiger partial charge is 0.212 e. The lowest BCUT2D eigenvalue weighted by Crippen LogP contribution is -2.52. The molecule has 0 saturated heterocycles. The number of hydrazine groups is 1. The molecule has 4 rings (SSSR count). The number of hydrazone groups is 1. The van der Waals surface area contributed by atoms with Gasteiger partial charge in [0.1, 0.15) is 17.8 Å². The number of likely N-dealkylation sites (N-methyl/N-ethyl adjacent to an activating group) is 1. The average Bonchev–Trinajstić information content (AvgIpc) is 3.81. The van der Waals surface area contributed by atoms with Crippen molar-refractivity contribution in [1.82, 2.24) is 15.8 Å². The van der Waals surface area contributed by atoms with Gasteiger partial charge in [0, 0.05) is 21.3 Å². The van der Waals surface area contributed by atoms with E-state index in [1.54, 1.807) is 13.1 Å². The first kappa shape index (κ1) is 35.5. The average molecular weight is 645 g/mol. The third-order valence-electron chi connectivity index (χ3n) is 8.61. The Hall–Kier alpha value is -2.98. The maximum absolute atomic E-state index is 12.9. The summed E-state index contributed by atoms with van der Waals surface area (Å²) >= 11 is 12.6. The largest absolute Gasteiger partial charge is 0.385 e. The van der Waals surface area contributed by atoms with Crippen LogP contribution < -0.4 is 22.4 Å². The summed E-state index contributed by atoms with van der Waals surface area (Å²) in [5.41, 5.74) is 10.3. The topological polar surface area (TPSA) is 138 Å². The van der Waals surface area contributed by atoms with E-state index < -0.39 is 5.66 Å². The van der Waals surface area contributed by atoms with Crippen molar-refractivity contribution in [3.05, 3.63) is 69.2 Å². The maximum Gasteiger partial charge on any atom is 0.212 e. The van der Waals surface area contributed by atoms with Crippen molar-refractivity contribution in [3.8, 4) is 0 Å². The number of hydrogen-bond donors (Lipinski definition) is 4. The highest BCUT2D eigenvalue weighted by Crippen LogP contribution is 2.51. The molecule has 1 unspecified atom stereocenters. The Kier molecular flexibility index (Phi) is 12.8. The number of nitrogens with zero attached hydrogens (tertiary/aromatic N) is 3. The summed E-state index contributed by atoms with van der Waals surface area (Å²) in [4.78, 5) is 31.5. The van der Waals surface area contributed by atoms with E-state index in [9.17, 15) is 9.59 Å². The minimum Gasteiger partial charge on any atom is -0.385 e. The molecule has 2 saturated carbocycles. The lowest BCUT2D eigenvalue weighted by molar-refractivity contribution is -0.131. The molecule has 0 radical (unpaired) electrons. The second kappa shape index (κ2) is 15.8. The second-order valence-electron chi connectivity index (χ2n) is 12.8. The van der Waals surface area contributed by atoms with Gasteiger partial charge in [0.25, 0.3) is 0 Å². The highest BCUT2D eigenvalue weighted by atomic mass is 35.5. The van der Waals surface area contributed by atoms with Gasteiger partial charge in [0.05, 0.1) is 12.6 Å². The monoisotopic (exact) mass is 643 g/mol. The van der Waals surface area contributed by atoms with E-state index in [0.717, 1.165) is 68.1 Å². The zero-order valence-electron chi connectivity index (χ0n) is 26.4. The quantitative estimate of drug-likeness (QED) is 0.0767. The van der Waals surface area contributed by atoms with Gasteiger partial charge in [-0.3, -0.25) is 14.6 Å². The Morgan fingerprint density at radius 3 is 2.11 bits per heavy atom. The third kappa shape index (κ3) is 9.51. The summed E-state index contributed by atoms with van der Waals surface area (Å²) in [6.45, 7) is 9.42. The minimum absolute atomic E-state index is 0.0751. The van der Waals surface area contributed by atoms with E-state index in [1.807, 2.05) is 48.2 Å². The normalized spacial score (nSPS) is 21.5. The Balaban J connectivity index is 0.000000583. The predicted octanol–water partition coefficient (Wildman–Crippen LogP) is 6.10. The third-order valence-corrected chi connectivity index (χ3v) is 9.05. The van der Waals surface area contributed by atoms with Crippen molar-refractivity contribution in [1.29, 1.82) is 0 Å². The van der Waals surface area contributed by atoms with E-state index in [4.69, 9.17) is 39.8 Å². The lowest BCUT2D eigenvalue weighted by atomic mass is 9.69. The molecule has 0 spiro atoms. The Labute approximate surface area is 271 Å². The molecule has 2 aromatic rings. The van der Waals surface area contributed by atoms with Crippen LogP contribution in [0.25, 0.3) is 0 Å². The second-order valence-corrected chi connectivity index (χ2v) is 13.7. The number of hydrogen-bond acceptors (Lipinski definition) is 7. The molecule has 0 bridgehead atoms. The number of amidine groups is 1. The van der Waals surface area contributed by atoms with Crippen molar-refractivity contribution in [2.45, 2.75) is 77.9 Å². The number of aliphatic imine (C=N–C) groups is 1. The van der Waals surface area contributed by atoms with Gasteiger partial charge in [0.15, 0.2) is 0 Å². The van der Waals surface area contributed by atoms with Crippen LogP contribution in [0.15, 0.2) is 52.6 Å². The first-order chi connectivity index (χ1) is 20.9. The predicted molar refractivity (Wildman–Crippen MR) is 181 cm³/mol. The maximum atomic E-state index is 12.9. The van der Waals surface area contributed by atoms with Gasteiger partial charge in [-0.2, -0.15) is 5.10 Å². The Morgan fingerprint density at radius 1 is 1.07 bits per heavy atom. The van der Waals surface area contributed by atoms with Crippen LogP contribution in [-0.4, -0.2) is 48.4 Å². The van der Waals surface area contributed by atoms with Crippen LogP contribution in [0, 0.1) is 17.3 Å². The molecular formula is C33H47Cl2N7O2. The van der Waals surface area contributed by atoms with Crippen LogP contribution in [0.1, 0.15) is 93.7 Å². The Morgan fingerprint density at radius 2 is 1.66 bits per heavy atom. The number of aldehydes is 1. The highest BCUT2D eigenvalue weighted by Gasteiger charge is 2.48. The molecule has 6 N–H and O–H groups in total. The fraction of sp³-hybridized carbons (Fsp3) is 0.515. The minimum atomic E-state index is -0.654. The van der Waals surface area contributed by atoms with Gasteiger partial charge in [0.2, 0.25) is 6.41 Å². The fourth-order valence-corrected chi connectivity index (χ4v) is 6.61. The number of amides is 1. The van der Waals surface area contributed by atoms with Crippen LogP contribution in [0.5, 0.6) is 0 Å². The van der Waals surface area contributed by atoms with Crippen LogP contribution >= 0.6 is 23.2 Å². The van der Waals surface area contributed by atoms with Gasteiger partial charge in [-0.05, 0) is 99.1 Å². The van der Waals surface area contributed by atoms with Gasteiger partial charge < -0.3 is 16.0 Å².